The molecule has 9 rings (SSSR count). The Balaban J connectivity index is 0.998. The molecule has 2 aliphatic rings. The van der Waals surface area contributed by atoms with Crippen molar-refractivity contribution in [3.63, 3.8) is 0 Å². The van der Waals surface area contributed by atoms with Crippen molar-refractivity contribution in [2.45, 2.75) is 387 Å². The van der Waals surface area contributed by atoms with Gasteiger partial charge in [0.1, 0.15) is 0 Å². The molecule has 2 aliphatic heterocycles. The summed E-state index contributed by atoms with van der Waals surface area (Å²) in [6, 6.07) is 41.2. The predicted octanol–water partition coefficient (Wildman–Crippen LogP) is 33.0. The molecule has 0 spiro atoms. The topological polar surface area (TPSA) is 174 Å². The van der Waals surface area contributed by atoms with Gasteiger partial charge in [-0.05, 0) is 145 Å². The minimum atomic E-state index is 0.0293. The molecule has 0 saturated carbocycles. The molecule has 12 heteroatoms. The standard InChI is InChI=1S/C108H154N8O4/c1-5-9-13-17-21-25-29-33-37-41-45-49-53-57-101(117)109-89-69-61-85(62-70-89)105-93-77-79-95(113-93)106(86-63-71-90(72-64-86)110-102(118)58-54-50-46-42-38-34-30-26-22-18-14-10-6-2)97-81-83-99(115-97)108(88-67-75-92(76-68-88)112-104(120)60-56-52-48-44-40-36-32-28-24-20-16-12-8-4)100-84-82-98(116-100)107(96-80-78-94(105)114-96)87-65-73-91(74-66-87)111-103(119)59-55-51-47-43-39-35-31-27-23-19-15-11-7-3/h61-84,113,116H,5-60H2,1-4H3,(H,109,117)(H,110,118)(H,111,119)(H,112,120). The van der Waals surface area contributed by atoms with Gasteiger partial charge in [0.15, 0.2) is 0 Å². The quantitative estimate of drug-likeness (QED) is 0.0207. The third-order valence-electron chi connectivity index (χ3n) is 24.6. The third kappa shape index (κ3) is 35.1. The molecule has 7 aromatic rings. The lowest BCUT2D eigenvalue weighted by atomic mass is 10.0. The SMILES string of the molecule is CCCCCCCCCCCCCCCC(=O)Nc1ccc(-c2c3nc(c(-c4ccc(NC(=O)CCCCCCCCCCCCCCC)cc4)c4ccc([nH]4)c(-c4ccc(NC(=O)CCCCCCCCCCCCCCC)cc4)c4nc(c(-c5ccc(NC(=O)CCCCCCCCCCCCCCC)cc5)c5ccc2[nH]5)C=C4)C=C3)cc1. The zero-order chi connectivity index (χ0) is 84.1. The highest BCUT2D eigenvalue weighted by Crippen LogP contribution is 2.40. The van der Waals surface area contributed by atoms with Crippen LogP contribution in [0.1, 0.15) is 410 Å². The van der Waals surface area contributed by atoms with E-state index in [-0.39, 0.29) is 23.6 Å². The average Bonchev–Trinajstić information content (AvgIpc) is 1.61. The van der Waals surface area contributed by atoms with E-state index in [1.54, 1.807) is 0 Å². The summed E-state index contributed by atoms with van der Waals surface area (Å²) < 4.78 is 0. The van der Waals surface area contributed by atoms with Gasteiger partial charge in [-0.2, -0.15) is 0 Å². The summed E-state index contributed by atoms with van der Waals surface area (Å²) in [7, 11) is 0. The maximum Gasteiger partial charge on any atom is 0.224 e. The van der Waals surface area contributed by atoms with E-state index in [4.69, 9.17) is 9.97 Å². The molecule has 0 atom stereocenters. The van der Waals surface area contributed by atoms with Crippen LogP contribution in [0.5, 0.6) is 0 Å². The maximum atomic E-state index is 13.6. The van der Waals surface area contributed by atoms with Gasteiger partial charge in [-0.15, -0.1) is 0 Å². The van der Waals surface area contributed by atoms with Gasteiger partial charge in [-0.25, -0.2) is 9.97 Å². The van der Waals surface area contributed by atoms with Crippen LogP contribution >= 0.6 is 0 Å². The first-order valence-electron chi connectivity index (χ1n) is 48.9. The van der Waals surface area contributed by atoms with E-state index < -0.39 is 0 Å². The number of H-pyrrole nitrogens is 2. The number of rotatable bonds is 64. The maximum absolute atomic E-state index is 13.6. The Bertz CT molecular complexity index is 3770. The van der Waals surface area contributed by atoms with Crippen molar-refractivity contribution >= 4 is 92.7 Å². The van der Waals surface area contributed by atoms with Crippen LogP contribution in [-0.2, 0) is 19.2 Å². The fraction of sp³-hybridized carbons (Fsp3) is 0.556. The second kappa shape index (κ2) is 57.6. The van der Waals surface area contributed by atoms with Crippen LogP contribution in [0.15, 0.2) is 121 Å². The number of amides is 4. The highest BCUT2D eigenvalue weighted by molar-refractivity contribution is 6.01. The van der Waals surface area contributed by atoms with E-state index in [0.29, 0.717) is 25.7 Å². The Hall–Kier alpha value is -8.64. The molecule has 3 aromatic heterocycles. The number of carbonyl (C=O) groups is 4. The van der Waals surface area contributed by atoms with Gasteiger partial charge >= 0.3 is 0 Å². The first-order chi connectivity index (χ1) is 59.1. The summed E-state index contributed by atoms with van der Waals surface area (Å²) in [4.78, 5) is 73.3. The molecule has 4 amide bonds. The number of hydrogen-bond donors (Lipinski definition) is 6. The normalized spacial score (nSPS) is 11.8. The lowest BCUT2D eigenvalue weighted by molar-refractivity contribution is -0.117. The van der Waals surface area contributed by atoms with Crippen molar-refractivity contribution in [1.29, 1.82) is 0 Å². The lowest BCUT2D eigenvalue weighted by Crippen LogP contribution is -2.10. The van der Waals surface area contributed by atoms with Gasteiger partial charge in [-0.1, -0.05) is 384 Å². The molecule has 120 heavy (non-hydrogen) atoms. The monoisotopic (exact) mass is 1630 g/mol. The van der Waals surface area contributed by atoms with Crippen molar-refractivity contribution in [2.24, 2.45) is 0 Å². The van der Waals surface area contributed by atoms with Crippen LogP contribution in [0, 0.1) is 0 Å². The summed E-state index contributed by atoms with van der Waals surface area (Å²) in [5.41, 5.74) is 16.5. The Morgan fingerprint density at radius 2 is 0.358 bits per heavy atom. The van der Waals surface area contributed by atoms with E-state index in [2.05, 4.69) is 156 Å². The number of fused-ring (bicyclic) bond motifs is 8. The minimum Gasteiger partial charge on any atom is -0.354 e. The largest absolute Gasteiger partial charge is 0.354 e. The molecule has 5 heterocycles. The zero-order valence-corrected chi connectivity index (χ0v) is 75.0. The molecule has 0 saturated heterocycles. The molecule has 0 aliphatic carbocycles. The Morgan fingerprint density at radius 3 is 0.517 bits per heavy atom. The number of carbonyl (C=O) groups excluding carboxylic acids is 4. The van der Waals surface area contributed by atoms with Gasteiger partial charge in [0.2, 0.25) is 23.6 Å². The van der Waals surface area contributed by atoms with Gasteiger partial charge in [-0.3, -0.25) is 19.2 Å². The molecule has 0 radical (unpaired) electrons. The van der Waals surface area contributed by atoms with Crippen LogP contribution < -0.4 is 21.3 Å². The fourth-order valence-electron chi connectivity index (χ4n) is 17.4. The van der Waals surface area contributed by atoms with Gasteiger partial charge in [0.25, 0.3) is 0 Å². The van der Waals surface area contributed by atoms with Gasteiger partial charge in [0.05, 0.1) is 22.8 Å². The molecule has 4 aromatic carbocycles. The Kier molecular flexibility index (Phi) is 45.7. The van der Waals surface area contributed by atoms with Crippen LogP contribution in [0.4, 0.5) is 22.7 Å². The highest BCUT2D eigenvalue weighted by Gasteiger charge is 2.21. The van der Waals surface area contributed by atoms with E-state index in [1.807, 2.05) is 48.5 Å². The van der Waals surface area contributed by atoms with Crippen molar-refractivity contribution < 1.29 is 19.2 Å². The number of anilines is 4. The number of aromatic nitrogens is 4. The third-order valence-corrected chi connectivity index (χ3v) is 24.6. The summed E-state index contributed by atoms with van der Waals surface area (Å²) >= 11 is 0. The molecule has 6 N–H and O–H groups in total. The Morgan fingerprint density at radius 1 is 0.208 bits per heavy atom. The molecule has 650 valence electrons. The van der Waals surface area contributed by atoms with Crippen LogP contribution in [0.25, 0.3) is 90.9 Å². The summed E-state index contributed by atoms with van der Waals surface area (Å²) in [5.74, 6) is 0.117. The molecule has 0 fully saturated rings. The number of benzene rings is 4. The van der Waals surface area contributed by atoms with Crippen molar-refractivity contribution in [1.82, 2.24) is 19.9 Å². The first kappa shape index (κ1) is 95.2. The second-order valence-corrected chi connectivity index (χ2v) is 35.0. The highest BCUT2D eigenvalue weighted by atomic mass is 16.2. The number of nitrogens with zero attached hydrogens (tertiary/aromatic N) is 2. The lowest BCUT2D eigenvalue weighted by Gasteiger charge is -2.10. The van der Waals surface area contributed by atoms with E-state index in [9.17, 15) is 19.2 Å². The van der Waals surface area contributed by atoms with Crippen molar-refractivity contribution in [2.75, 3.05) is 21.3 Å². The number of aromatic amines is 2. The average molecular weight is 1630 g/mol. The molecule has 0 unspecified atom stereocenters. The van der Waals surface area contributed by atoms with Crippen LogP contribution in [-0.4, -0.2) is 43.6 Å². The zero-order valence-electron chi connectivity index (χ0n) is 75.0. The van der Waals surface area contributed by atoms with E-state index in [0.717, 1.165) is 163 Å². The van der Waals surface area contributed by atoms with Gasteiger partial charge < -0.3 is 31.2 Å². The van der Waals surface area contributed by atoms with E-state index in [1.165, 1.54) is 283 Å². The minimum absolute atomic E-state index is 0.0293. The number of nitrogens with one attached hydrogen (secondary N) is 6. The number of hydrogen-bond acceptors (Lipinski definition) is 6. The van der Waals surface area contributed by atoms with Gasteiger partial charge in [0, 0.05) is 92.8 Å². The first-order valence-corrected chi connectivity index (χ1v) is 48.9. The second-order valence-electron chi connectivity index (χ2n) is 35.0. The summed E-state index contributed by atoms with van der Waals surface area (Å²) in [6.45, 7) is 9.11. The van der Waals surface area contributed by atoms with Crippen LogP contribution in [0.2, 0.25) is 0 Å². The number of unbranched alkanes of at least 4 members (excludes halogenated alkanes) is 48. The fourth-order valence-corrected chi connectivity index (χ4v) is 17.4. The molecule has 8 bridgehead atoms. The summed E-state index contributed by atoms with van der Waals surface area (Å²) in [5, 5.41) is 12.9. The molecule has 12 nitrogen and oxygen atoms in total. The van der Waals surface area contributed by atoms with Crippen molar-refractivity contribution in [3.8, 4) is 44.5 Å². The predicted molar refractivity (Wildman–Crippen MR) is 516 cm³/mol. The Labute approximate surface area is 724 Å². The molecular formula is C108H154N8O4. The summed E-state index contributed by atoms with van der Waals surface area (Å²) in [6.07, 6.45) is 75.9. The molecular weight excluding hydrogens is 1470 g/mol. The van der Waals surface area contributed by atoms with Crippen molar-refractivity contribution in [3.05, 3.63) is 144 Å². The smallest absolute Gasteiger partial charge is 0.224 e. The van der Waals surface area contributed by atoms with Crippen LogP contribution in [0.3, 0.4) is 0 Å². The van der Waals surface area contributed by atoms with E-state index >= 15 is 0 Å².